The van der Waals surface area contributed by atoms with Crippen molar-refractivity contribution in [3.8, 4) is 0 Å². The number of hydrogen-bond donors (Lipinski definition) is 2. The Kier molecular flexibility index (Phi) is 4.76. The maximum absolute atomic E-state index is 11.7. The number of carbonyl (C=O) groups excluding carboxylic acids is 1. The van der Waals surface area contributed by atoms with Crippen LogP contribution in [-0.4, -0.2) is 24.5 Å². The highest BCUT2D eigenvalue weighted by Gasteiger charge is 2.23. The van der Waals surface area contributed by atoms with Crippen LogP contribution < -0.4 is 10.6 Å². The van der Waals surface area contributed by atoms with E-state index >= 15 is 0 Å². The molecular weight excluding hydrogens is 224 g/mol. The summed E-state index contributed by atoms with van der Waals surface area (Å²) in [4.78, 5) is 11.7. The van der Waals surface area contributed by atoms with Crippen LogP contribution in [0.25, 0.3) is 0 Å². The van der Waals surface area contributed by atoms with E-state index < -0.39 is 0 Å². The standard InChI is InChI=1S/C15H22N2O/c1-2-13(11-12-7-4-3-5-8-12)17-14-9-6-10-16-15(14)18/h3-5,7-8,13-14,17H,2,6,9-11H2,1H3,(H,16,18). The molecule has 1 aliphatic heterocycles. The van der Waals surface area contributed by atoms with Crippen molar-refractivity contribution in [1.29, 1.82) is 0 Å². The summed E-state index contributed by atoms with van der Waals surface area (Å²) in [5.41, 5.74) is 1.33. The van der Waals surface area contributed by atoms with Crippen molar-refractivity contribution in [1.82, 2.24) is 10.6 Å². The molecule has 0 bridgehead atoms. The molecule has 1 amide bonds. The van der Waals surface area contributed by atoms with E-state index in [1.54, 1.807) is 0 Å². The number of hydrogen-bond acceptors (Lipinski definition) is 2. The summed E-state index contributed by atoms with van der Waals surface area (Å²) in [7, 11) is 0. The highest BCUT2D eigenvalue weighted by Crippen LogP contribution is 2.09. The molecule has 0 spiro atoms. The van der Waals surface area contributed by atoms with Gasteiger partial charge in [0.05, 0.1) is 6.04 Å². The fraction of sp³-hybridized carbons (Fsp3) is 0.533. The Labute approximate surface area is 109 Å². The van der Waals surface area contributed by atoms with Gasteiger partial charge in [-0.15, -0.1) is 0 Å². The first-order valence-electron chi connectivity index (χ1n) is 6.87. The van der Waals surface area contributed by atoms with Gasteiger partial charge in [0.25, 0.3) is 0 Å². The summed E-state index contributed by atoms with van der Waals surface area (Å²) in [6.07, 6.45) is 4.06. The van der Waals surface area contributed by atoms with Gasteiger partial charge in [-0.2, -0.15) is 0 Å². The predicted molar refractivity (Wildman–Crippen MR) is 73.4 cm³/mol. The maximum atomic E-state index is 11.7. The molecule has 2 rings (SSSR count). The molecule has 2 atom stereocenters. The lowest BCUT2D eigenvalue weighted by atomic mass is 10.0. The monoisotopic (exact) mass is 246 g/mol. The van der Waals surface area contributed by atoms with Gasteiger partial charge in [0, 0.05) is 12.6 Å². The number of piperidine rings is 1. The maximum Gasteiger partial charge on any atom is 0.237 e. The Morgan fingerprint density at radius 2 is 2.17 bits per heavy atom. The number of amides is 1. The van der Waals surface area contributed by atoms with Gasteiger partial charge in [-0.05, 0) is 31.2 Å². The molecule has 3 heteroatoms. The number of carbonyl (C=O) groups is 1. The average molecular weight is 246 g/mol. The molecule has 18 heavy (non-hydrogen) atoms. The summed E-state index contributed by atoms with van der Waals surface area (Å²) < 4.78 is 0. The van der Waals surface area contributed by atoms with Gasteiger partial charge < -0.3 is 10.6 Å². The molecule has 2 unspecified atom stereocenters. The van der Waals surface area contributed by atoms with E-state index in [1.165, 1.54) is 5.56 Å². The zero-order chi connectivity index (χ0) is 12.8. The molecule has 1 aromatic rings. The molecule has 1 aromatic carbocycles. The summed E-state index contributed by atoms with van der Waals surface area (Å²) in [6.45, 7) is 2.99. The number of nitrogens with one attached hydrogen (secondary N) is 2. The molecule has 1 aliphatic rings. The van der Waals surface area contributed by atoms with Crippen LogP contribution in [0.4, 0.5) is 0 Å². The van der Waals surface area contributed by atoms with Crippen LogP contribution in [0.2, 0.25) is 0 Å². The van der Waals surface area contributed by atoms with Crippen molar-refractivity contribution in [2.45, 2.75) is 44.7 Å². The van der Waals surface area contributed by atoms with Crippen LogP contribution >= 0.6 is 0 Å². The van der Waals surface area contributed by atoms with Crippen LogP contribution in [0.15, 0.2) is 30.3 Å². The summed E-state index contributed by atoms with van der Waals surface area (Å²) in [6, 6.07) is 10.8. The van der Waals surface area contributed by atoms with Gasteiger partial charge >= 0.3 is 0 Å². The largest absolute Gasteiger partial charge is 0.355 e. The van der Waals surface area contributed by atoms with Crippen LogP contribution in [-0.2, 0) is 11.2 Å². The first-order valence-corrected chi connectivity index (χ1v) is 6.87. The Morgan fingerprint density at radius 3 is 2.83 bits per heavy atom. The first kappa shape index (κ1) is 13.1. The van der Waals surface area contributed by atoms with Crippen molar-refractivity contribution in [3.05, 3.63) is 35.9 Å². The summed E-state index contributed by atoms with van der Waals surface area (Å²) in [5.74, 6) is 0.160. The van der Waals surface area contributed by atoms with Crippen molar-refractivity contribution in [3.63, 3.8) is 0 Å². The summed E-state index contributed by atoms with van der Waals surface area (Å²) >= 11 is 0. The molecule has 0 radical (unpaired) electrons. The quantitative estimate of drug-likeness (QED) is 0.833. The van der Waals surface area contributed by atoms with Crippen molar-refractivity contribution < 1.29 is 4.79 Å². The van der Waals surface area contributed by atoms with E-state index in [4.69, 9.17) is 0 Å². The second-order valence-electron chi connectivity index (χ2n) is 4.95. The third kappa shape index (κ3) is 3.57. The normalized spacial score (nSPS) is 21.4. The average Bonchev–Trinajstić information content (AvgIpc) is 2.41. The van der Waals surface area contributed by atoms with E-state index in [2.05, 4.69) is 41.8 Å². The number of rotatable bonds is 5. The lowest BCUT2D eigenvalue weighted by Crippen LogP contribution is -2.51. The van der Waals surface area contributed by atoms with Crippen LogP contribution in [0.5, 0.6) is 0 Å². The molecule has 1 heterocycles. The third-order valence-electron chi connectivity index (χ3n) is 3.54. The Balaban J connectivity index is 1.90. The minimum absolute atomic E-state index is 0.00703. The molecule has 1 saturated heterocycles. The van der Waals surface area contributed by atoms with Gasteiger partial charge in [0.1, 0.15) is 0 Å². The molecule has 0 saturated carbocycles. The zero-order valence-corrected chi connectivity index (χ0v) is 11.0. The van der Waals surface area contributed by atoms with E-state index in [0.29, 0.717) is 6.04 Å². The van der Waals surface area contributed by atoms with E-state index in [1.807, 2.05) is 6.07 Å². The topological polar surface area (TPSA) is 41.1 Å². The van der Waals surface area contributed by atoms with Crippen molar-refractivity contribution >= 4 is 5.91 Å². The molecular formula is C15H22N2O. The second kappa shape index (κ2) is 6.55. The van der Waals surface area contributed by atoms with Crippen LogP contribution in [0.1, 0.15) is 31.7 Å². The van der Waals surface area contributed by atoms with Gasteiger partial charge in [0.15, 0.2) is 0 Å². The number of benzene rings is 1. The minimum atomic E-state index is -0.00703. The molecule has 2 N–H and O–H groups in total. The van der Waals surface area contributed by atoms with Crippen LogP contribution in [0.3, 0.4) is 0 Å². The molecule has 1 fully saturated rings. The van der Waals surface area contributed by atoms with E-state index in [0.717, 1.165) is 32.2 Å². The van der Waals surface area contributed by atoms with Gasteiger partial charge in [-0.1, -0.05) is 37.3 Å². The van der Waals surface area contributed by atoms with Gasteiger partial charge in [-0.3, -0.25) is 4.79 Å². The first-order chi connectivity index (χ1) is 8.79. The van der Waals surface area contributed by atoms with Gasteiger partial charge in [0.2, 0.25) is 5.91 Å². The van der Waals surface area contributed by atoms with E-state index in [9.17, 15) is 4.79 Å². The predicted octanol–water partition coefficient (Wildman–Crippen LogP) is 1.88. The van der Waals surface area contributed by atoms with Crippen molar-refractivity contribution in [2.24, 2.45) is 0 Å². The molecule has 0 aliphatic carbocycles. The SMILES string of the molecule is CCC(Cc1ccccc1)NC1CCCNC1=O. The highest BCUT2D eigenvalue weighted by molar-refractivity contribution is 5.82. The van der Waals surface area contributed by atoms with Crippen molar-refractivity contribution in [2.75, 3.05) is 6.54 Å². The summed E-state index contributed by atoms with van der Waals surface area (Å²) in [5, 5.41) is 6.42. The smallest absolute Gasteiger partial charge is 0.237 e. The minimum Gasteiger partial charge on any atom is -0.355 e. The fourth-order valence-electron chi connectivity index (χ4n) is 2.44. The van der Waals surface area contributed by atoms with E-state index in [-0.39, 0.29) is 11.9 Å². The lowest BCUT2D eigenvalue weighted by molar-refractivity contribution is -0.124. The fourth-order valence-corrected chi connectivity index (χ4v) is 2.44. The Bertz CT molecular complexity index is 377. The van der Waals surface area contributed by atoms with Gasteiger partial charge in [-0.25, -0.2) is 0 Å². The lowest BCUT2D eigenvalue weighted by Gasteiger charge is -2.27. The molecule has 0 aromatic heterocycles. The highest BCUT2D eigenvalue weighted by atomic mass is 16.2. The third-order valence-corrected chi connectivity index (χ3v) is 3.54. The molecule has 3 nitrogen and oxygen atoms in total. The Morgan fingerprint density at radius 1 is 1.39 bits per heavy atom. The zero-order valence-electron chi connectivity index (χ0n) is 11.0. The Hall–Kier alpha value is -1.35. The molecule has 98 valence electrons. The second-order valence-corrected chi connectivity index (χ2v) is 4.95. The van der Waals surface area contributed by atoms with Crippen LogP contribution in [0, 0.1) is 0 Å².